The molecule has 0 saturated heterocycles. The normalized spacial score (nSPS) is 10.3. The number of phenolic OH excluding ortho intramolecular Hbond substituents is 1. The summed E-state index contributed by atoms with van der Waals surface area (Å²) in [7, 11) is 0. The van der Waals surface area contributed by atoms with Gasteiger partial charge >= 0.3 is 5.97 Å². The van der Waals surface area contributed by atoms with Crippen LogP contribution >= 0.6 is 11.6 Å². The Morgan fingerprint density at radius 2 is 1.87 bits per heavy atom. The minimum Gasteiger partial charge on any atom is -0.504 e. The monoisotopic (exact) mass is 230 g/mol. The van der Waals surface area contributed by atoms with E-state index in [1.807, 2.05) is 0 Å². The molecule has 5 heteroatoms. The second-order valence-corrected chi connectivity index (χ2v) is 3.53. The maximum absolute atomic E-state index is 10.8. The molecule has 0 saturated carbocycles. The topological polar surface area (TPSA) is 77.8 Å². The van der Waals surface area contributed by atoms with Crippen LogP contribution in [0.4, 0.5) is 0 Å². The Balaban J connectivity index is 3.66. The molecule has 0 heterocycles. The van der Waals surface area contributed by atoms with E-state index < -0.39 is 17.5 Å². The molecule has 15 heavy (non-hydrogen) atoms. The number of carboxylic acid groups (broad SMARTS) is 1. The van der Waals surface area contributed by atoms with E-state index in [1.54, 1.807) is 6.92 Å². The number of benzene rings is 1. The number of hydrogen-bond donors (Lipinski definition) is 3. The van der Waals surface area contributed by atoms with Gasteiger partial charge in [-0.25, -0.2) is 4.79 Å². The zero-order valence-electron chi connectivity index (χ0n) is 8.33. The van der Waals surface area contributed by atoms with Crippen molar-refractivity contribution in [2.45, 2.75) is 20.3 Å². The van der Waals surface area contributed by atoms with Crippen LogP contribution in [0.25, 0.3) is 0 Å². The molecule has 0 fully saturated rings. The van der Waals surface area contributed by atoms with Crippen LogP contribution in [0.3, 0.4) is 0 Å². The van der Waals surface area contributed by atoms with Crippen molar-refractivity contribution in [2.24, 2.45) is 0 Å². The number of aromatic carboxylic acids is 1. The summed E-state index contributed by atoms with van der Waals surface area (Å²) in [5.74, 6) is -2.39. The van der Waals surface area contributed by atoms with Crippen LogP contribution in [0.5, 0.6) is 11.5 Å². The molecule has 1 aromatic carbocycles. The Hall–Kier alpha value is -1.42. The summed E-state index contributed by atoms with van der Waals surface area (Å²) < 4.78 is 0. The fourth-order valence-corrected chi connectivity index (χ4v) is 1.78. The van der Waals surface area contributed by atoms with Crippen LogP contribution in [0.15, 0.2) is 0 Å². The number of phenols is 2. The quantitative estimate of drug-likeness (QED) is 0.682. The van der Waals surface area contributed by atoms with Crippen LogP contribution in [0, 0.1) is 6.92 Å². The van der Waals surface area contributed by atoms with Crippen molar-refractivity contribution < 1.29 is 20.1 Å². The second-order valence-electron chi connectivity index (χ2n) is 3.15. The molecular formula is C10H11ClO4. The molecule has 0 spiro atoms. The highest BCUT2D eigenvalue weighted by molar-refractivity contribution is 6.33. The number of aromatic hydroxyl groups is 2. The van der Waals surface area contributed by atoms with Crippen molar-refractivity contribution in [3.63, 3.8) is 0 Å². The van der Waals surface area contributed by atoms with Crippen molar-refractivity contribution in [1.82, 2.24) is 0 Å². The summed E-state index contributed by atoms with van der Waals surface area (Å²) in [4.78, 5) is 10.8. The molecule has 0 aromatic heterocycles. The van der Waals surface area contributed by atoms with Crippen molar-refractivity contribution >= 4 is 17.6 Å². The first kappa shape index (κ1) is 11.7. The third-order valence-electron chi connectivity index (χ3n) is 2.28. The summed E-state index contributed by atoms with van der Waals surface area (Å²) >= 11 is 5.89. The van der Waals surface area contributed by atoms with Crippen LogP contribution < -0.4 is 0 Å². The summed E-state index contributed by atoms with van der Waals surface area (Å²) in [6, 6.07) is 0. The lowest BCUT2D eigenvalue weighted by atomic mass is 10.0. The molecule has 0 aliphatic rings. The largest absolute Gasteiger partial charge is 0.504 e. The summed E-state index contributed by atoms with van der Waals surface area (Å²) in [5.41, 5.74) is 0.266. The zero-order valence-corrected chi connectivity index (χ0v) is 9.09. The molecule has 0 bridgehead atoms. The first-order chi connectivity index (χ1) is 6.91. The van der Waals surface area contributed by atoms with Crippen LogP contribution in [0.2, 0.25) is 5.02 Å². The summed E-state index contributed by atoms with van der Waals surface area (Å²) in [5, 5.41) is 28.0. The van der Waals surface area contributed by atoms with Gasteiger partial charge in [0.2, 0.25) is 0 Å². The van der Waals surface area contributed by atoms with Crippen molar-refractivity contribution in [1.29, 1.82) is 0 Å². The van der Waals surface area contributed by atoms with E-state index >= 15 is 0 Å². The third-order valence-corrected chi connectivity index (χ3v) is 2.80. The highest BCUT2D eigenvalue weighted by Crippen LogP contribution is 2.40. The van der Waals surface area contributed by atoms with Gasteiger partial charge in [-0.1, -0.05) is 18.5 Å². The SMILES string of the molecule is CCc1c(O)c(O)c(C(=O)O)c(C)c1Cl. The third kappa shape index (κ3) is 1.72. The number of halogens is 1. The Morgan fingerprint density at radius 1 is 1.33 bits per heavy atom. The number of carbonyl (C=O) groups is 1. The number of rotatable bonds is 2. The van der Waals surface area contributed by atoms with E-state index in [1.165, 1.54) is 6.92 Å². The van der Waals surface area contributed by atoms with Gasteiger partial charge in [-0.15, -0.1) is 0 Å². The average Bonchev–Trinajstić information content (AvgIpc) is 2.16. The molecular weight excluding hydrogens is 220 g/mol. The molecule has 4 nitrogen and oxygen atoms in total. The van der Waals surface area contributed by atoms with Crippen molar-refractivity contribution in [3.05, 3.63) is 21.7 Å². The van der Waals surface area contributed by atoms with Gasteiger partial charge in [0.05, 0.1) is 5.02 Å². The van der Waals surface area contributed by atoms with Gasteiger partial charge < -0.3 is 15.3 Å². The van der Waals surface area contributed by atoms with E-state index in [2.05, 4.69) is 0 Å². The van der Waals surface area contributed by atoms with Crippen LogP contribution in [0.1, 0.15) is 28.4 Å². The maximum atomic E-state index is 10.8. The van der Waals surface area contributed by atoms with Crippen molar-refractivity contribution in [2.75, 3.05) is 0 Å². The van der Waals surface area contributed by atoms with Gasteiger partial charge in [-0.3, -0.25) is 0 Å². The van der Waals surface area contributed by atoms with Gasteiger partial charge in [0.1, 0.15) is 5.56 Å². The molecule has 0 atom stereocenters. The molecule has 0 aliphatic carbocycles. The van der Waals surface area contributed by atoms with E-state index in [9.17, 15) is 15.0 Å². The molecule has 0 amide bonds. The lowest BCUT2D eigenvalue weighted by Crippen LogP contribution is -2.03. The minimum absolute atomic E-state index is 0.185. The average molecular weight is 231 g/mol. The standard InChI is InChI=1S/C10H11ClO4/c1-3-5-7(11)4(2)6(10(14)15)9(13)8(5)12/h12-13H,3H2,1-2H3,(H,14,15). The van der Waals surface area contributed by atoms with Gasteiger partial charge in [0.25, 0.3) is 0 Å². The molecule has 3 N–H and O–H groups in total. The minimum atomic E-state index is -1.31. The molecule has 82 valence electrons. The van der Waals surface area contributed by atoms with Crippen LogP contribution in [-0.2, 0) is 6.42 Å². The molecule has 0 radical (unpaired) electrons. The molecule has 0 unspecified atom stereocenters. The van der Waals surface area contributed by atoms with Gasteiger partial charge in [-0.05, 0) is 18.9 Å². The van der Waals surface area contributed by atoms with E-state index in [0.717, 1.165) is 0 Å². The number of carboxylic acids is 1. The Bertz CT molecular complexity index is 397. The second kappa shape index (κ2) is 3.98. The highest BCUT2D eigenvalue weighted by Gasteiger charge is 2.23. The van der Waals surface area contributed by atoms with Gasteiger partial charge in [0.15, 0.2) is 11.5 Å². The van der Waals surface area contributed by atoms with E-state index in [4.69, 9.17) is 16.7 Å². The predicted octanol–water partition coefficient (Wildman–Crippen LogP) is 2.32. The predicted molar refractivity (Wildman–Crippen MR) is 55.9 cm³/mol. The number of hydrogen-bond acceptors (Lipinski definition) is 3. The first-order valence-corrected chi connectivity index (χ1v) is 4.75. The smallest absolute Gasteiger partial charge is 0.339 e. The lowest BCUT2D eigenvalue weighted by Gasteiger charge is -2.12. The van der Waals surface area contributed by atoms with E-state index in [-0.39, 0.29) is 16.1 Å². The zero-order chi connectivity index (χ0) is 11.7. The Kier molecular flexibility index (Phi) is 3.09. The molecule has 0 aliphatic heterocycles. The lowest BCUT2D eigenvalue weighted by molar-refractivity contribution is 0.0692. The Labute approximate surface area is 91.7 Å². The van der Waals surface area contributed by atoms with Crippen molar-refractivity contribution in [3.8, 4) is 11.5 Å². The summed E-state index contributed by atoms with van der Waals surface area (Å²) in [6.45, 7) is 3.24. The van der Waals surface area contributed by atoms with Crippen LogP contribution in [-0.4, -0.2) is 21.3 Å². The van der Waals surface area contributed by atoms with Gasteiger partial charge in [0, 0.05) is 5.56 Å². The molecule has 1 aromatic rings. The fourth-order valence-electron chi connectivity index (χ4n) is 1.46. The maximum Gasteiger partial charge on any atom is 0.339 e. The first-order valence-electron chi connectivity index (χ1n) is 4.37. The highest BCUT2D eigenvalue weighted by atomic mass is 35.5. The molecule has 1 rings (SSSR count). The fraction of sp³-hybridized carbons (Fsp3) is 0.300. The Morgan fingerprint density at radius 3 is 2.27 bits per heavy atom. The van der Waals surface area contributed by atoms with Gasteiger partial charge in [-0.2, -0.15) is 0 Å². The van der Waals surface area contributed by atoms with E-state index in [0.29, 0.717) is 12.0 Å². The summed E-state index contributed by atoms with van der Waals surface area (Å²) in [6.07, 6.45) is 0.416.